The lowest BCUT2D eigenvalue weighted by molar-refractivity contribution is 0.399. The van der Waals surface area contributed by atoms with Gasteiger partial charge in [0.1, 0.15) is 23.8 Å². The molecule has 1 aliphatic heterocycles. The van der Waals surface area contributed by atoms with Crippen molar-refractivity contribution in [2.75, 3.05) is 35.8 Å². The number of likely N-dealkylation sites (tertiary alicyclic amines) is 1. The Kier molecular flexibility index (Phi) is 10.7. The van der Waals surface area contributed by atoms with Crippen LogP contribution in [0.25, 0.3) is 0 Å². The van der Waals surface area contributed by atoms with Gasteiger partial charge in [0.2, 0.25) is 0 Å². The molecule has 0 N–H and O–H groups in total. The molecule has 0 aromatic carbocycles. The van der Waals surface area contributed by atoms with Gasteiger partial charge in [-0.3, -0.25) is 0 Å². The molecule has 0 bridgehead atoms. The second-order valence-corrected chi connectivity index (χ2v) is 9.06. The van der Waals surface area contributed by atoms with E-state index in [1.165, 1.54) is 11.5 Å². The predicted molar refractivity (Wildman–Crippen MR) is 110 cm³/mol. The fourth-order valence-corrected chi connectivity index (χ4v) is 5.93. The van der Waals surface area contributed by atoms with E-state index in [2.05, 4.69) is 17.2 Å². The number of thioether (sulfide) groups is 3. The maximum absolute atomic E-state index is 9.55. The van der Waals surface area contributed by atoms with Gasteiger partial charge in [-0.15, -0.1) is 11.8 Å². The Morgan fingerprint density at radius 1 is 1.04 bits per heavy atom. The summed E-state index contributed by atoms with van der Waals surface area (Å²) in [6.07, 6.45) is 4.36. The number of allylic oxidation sites excluding steroid dienone is 4. The van der Waals surface area contributed by atoms with E-state index in [1.54, 1.807) is 6.92 Å². The smallest absolute Gasteiger partial charge is 0.133 e. The first-order valence-corrected chi connectivity index (χ1v) is 11.8. The summed E-state index contributed by atoms with van der Waals surface area (Å²) in [6, 6.07) is 5.97. The van der Waals surface area contributed by atoms with Crippen molar-refractivity contribution in [1.82, 2.24) is 4.90 Å². The second kappa shape index (κ2) is 12.2. The largest absolute Gasteiger partial charge is 0.362 e. The highest BCUT2D eigenvalue weighted by molar-refractivity contribution is 8.04. The molecule has 1 aliphatic rings. The van der Waals surface area contributed by atoms with Crippen molar-refractivity contribution in [1.29, 1.82) is 15.8 Å². The molecule has 0 saturated carbocycles. The van der Waals surface area contributed by atoms with Gasteiger partial charge in [0.15, 0.2) is 0 Å². The van der Waals surface area contributed by atoms with Crippen LogP contribution >= 0.6 is 35.3 Å². The van der Waals surface area contributed by atoms with Crippen molar-refractivity contribution < 1.29 is 0 Å². The van der Waals surface area contributed by atoms with Crippen molar-refractivity contribution in [2.45, 2.75) is 32.1 Å². The van der Waals surface area contributed by atoms with E-state index < -0.39 is 0 Å². The fourth-order valence-electron chi connectivity index (χ4n) is 2.68. The van der Waals surface area contributed by atoms with Gasteiger partial charge in [0, 0.05) is 35.3 Å². The molecule has 4 nitrogen and oxygen atoms in total. The normalized spacial score (nSPS) is 17.3. The summed E-state index contributed by atoms with van der Waals surface area (Å²) in [5, 5.41) is 28.1. The van der Waals surface area contributed by atoms with Crippen LogP contribution in [0.2, 0.25) is 0 Å². The minimum Gasteiger partial charge on any atom is -0.362 e. The van der Waals surface area contributed by atoms with Crippen molar-refractivity contribution in [2.24, 2.45) is 0 Å². The third-order valence-electron chi connectivity index (χ3n) is 4.05. The lowest BCUT2D eigenvalue weighted by atomic mass is 10.0. The highest BCUT2D eigenvalue weighted by atomic mass is 32.2. The van der Waals surface area contributed by atoms with Gasteiger partial charge in [-0.05, 0) is 38.5 Å². The summed E-state index contributed by atoms with van der Waals surface area (Å²) in [4.78, 5) is 2.27. The molecule has 1 unspecified atom stereocenters. The molecule has 1 fully saturated rings. The van der Waals surface area contributed by atoms with E-state index in [9.17, 15) is 5.26 Å². The molecular formula is C18H24N4S3. The molecule has 0 aromatic rings. The number of rotatable bonds is 9. The van der Waals surface area contributed by atoms with Crippen molar-refractivity contribution >= 4 is 35.3 Å². The average Bonchev–Trinajstić information content (AvgIpc) is 3.08. The number of nitrogens with zero attached hydrogens (tertiary/aromatic N) is 4. The molecule has 0 spiro atoms. The van der Waals surface area contributed by atoms with Crippen molar-refractivity contribution in [3.63, 3.8) is 0 Å². The average molecular weight is 393 g/mol. The molecule has 25 heavy (non-hydrogen) atoms. The van der Waals surface area contributed by atoms with E-state index >= 15 is 0 Å². The summed E-state index contributed by atoms with van der Waals surface area (Å²) in [5.74, 6) is 4.65. The van der Waals surface area contributed by atoms with Crippen LogP contribution in [-0.2, 0) is 0 Å². The SMILES string of the molecule is CSCCSCCSC1CCCN1/C(C)=C(\C#N)C(C)=C(C#N)C#N. The molecule has 1 rings (SSSR count). The molecular weight excluding hydrogens is 368 g/mol. The molecule has 0 radical (unpaired) electrons. The van der Waals surface area contributed by atoms with Crippen LogP contribution in [0.5, 0.6) is 0 Å². The Balaban J connectivity index is 2.79. The third-order valence-corrected chi connectivity index (χ3v) is 7.48. The maximum atomic E-state index is 9.55. The minimum absolute atomic E-state index is 0.0180. The Labute approximate surface area is 164 Å². The van der Waals surface area contributed by atoms with E-state index in [1.807, 2.05) is 54.3 Å². The van der Waals surface area contributed by atoms with Crippen LogP contribution in [0, 0.1) is 34.0 Å². The van der Waals surface area contributed by atoms with Crippen LogP contribution in [0.4, 0.5) is 0 Å². The molecule has 134 valence electrons. The molecule has 1 heterocycles. The zero-order valence-electron chi connectivity index (χ0n) is 15.0. The first-order chi connectivity index (χ1) is 12.1. The lowest BCUT2D eigenvalue weighted by Crippen LogP contribution is -2.26. The predicted octanol–water partition coefficient (Wildman–Crippen LogP) is 4.40. The zero-order valence-corrected chi connectivity index (χ0v) is 17.5. The van der Waals surface area contributed by atoms with Gasteiger partial charge < -0.3 is 4.90 Å². The molecule has 7 heteroatoms. The van der Waals surface area contributed by atoms with Gasteiger partial charge in [0.25, 0.3) is 0 Å². The van der Waals surface area contributed by atoms with E-state index in [0.717, 1.165) is 36.6 Å². The van der Waals surface area contributed by atoms with Crippen molar-refractivity contribution in [3.8, 4) is 18.2 Å². The summed E-state index contributed by atoms with van der Waals surface area (Å²) in [5.41, 5.74) is 1.84. The summed E-state index contributed by atoms with van der Waals surface area (Å²) < 4.78 is 0. The van der Waals surface area contributed by atoms with Gasteiger partial charge in [0.05, 0.1) is 10.9 Å². The second-order valence-electron chi connectivity index (χ2n) is 5.56. The number of hydrogen-bond donors (Lipinski definition) is 0. The molecule has 1 atom stereocenters. The monoisotopic (exact) mass is 392 g/mol. The first-order valence-electron chi connectivity index (χ1n) is 8.18. The lowest BCUT2D eigenvalue weighted by Gasteiger charge is -2.28. The van der Waals surface area contributed by atoms with Crippen molar-refractivity contribution in [3.05, 3.63) is 22.4 Å². The Hall–Kier alpha value is -1.20. The number of nitriles is 3. The van der Waals surface area contributed by atoms with Gasteiger partial charge in [-0.25, -0.2) is 0 Å². The minimum atomic E-state index is 0.0180. The summed E-state index contributed by atoms with van der Waals surface area (Å²) >= 11 is 5.82. The summed E-state index contributed by atoms with van der Waals surface area (Å²) in [7, 11) is 0. The zero-order chi connectivity index (χ0) is 18.7. The maximum Gasteiger partial charge on any atom is 0.133 e. The van der Waals surface area contributed by atoms with Crippen LogP contribution in [0.3, 0.4) is 0 Å². The van der Waals surface area contributed by atoms with Crippen LogP contribution in [0.15, 0.2) is 22.4 Å². The fraction of sp³-hybridized carbons (Fsp3) is 0.611. The Morgan fingerprint density at radius 3 is 2.32 bits per heavy atom. The number of hydrogen-bond acceptors (Lipinski definition) is 7. The highest BCUT2D eigenvalue weighted by Crippen LogP contribution is 2.33. The highest BCUT2D eigenvalue weighted by Gasteiger charge is 2.27. The molecule has 0 aliphatic carbocycles. The molecule has 0 aromatic heterocycles. The molecule has 0 amide bonds. The van der Waals surface area contributed by atoms with E-state index in [4.69, 9.17) is 10.5 Å². The van der Waals surface area contributed by atoms with E-state index in [-0.39, 0.29) is 5.57 Å². The first kappa shape index (κ1) is 21.8. The van der Waals surface area contributed by atoms with Crippen LogP contribution in [0.1, 0.15) is 26.7 Å². The summed E-state index contributed by atoms with van der Waals surface area (Å²) in [6.45, 7) is 4.54. The van der Waals surface area contributed by atoms with Gasteiger partial charge >= 0.3 is 0 Å². The quantitative estimate of drug-likeness (QED) is 0.327. The molecule has 1 saturated heterocycles. The van der Waals surface area contributed by atoms with Gasteiger partial charge in [-0.1, -0.05) is 0 Å². The van der Waals surface area contributed by atoms with Crippen LogP contribution in [-0.4, -0.2) is 46.1 Å². The third kappa shape index (κ3) is 6.55. The van der Waals surface area contributed by atoms with E-state index in [0.29, 0.717) is 16.5 Å². The Bertz CT molecular complexity index is 618. The van der Waals surface area contributed by atoms with Crippen LogP contribution < -0.4 is 0 Å². The Morgan fingerprint density at radius 2 is 1.72 bits per heavy atom. The standard InChI is InChI=1S/C18H24N4S3/c1-14(16(11-19)12-20)17(13-21)15(2)22-6-4-5-18(22)25-10-9-24-8-7-23-3/h18H,4-10H2,1-3H3/b17-15+. The van der Waals surface area contributed by atoms with Gasteiger partial charge in [-0.2, -0.15) is 39.3 Å². The topological polar surface area (TPSA) is 74.6 Å².